The number of hydrogen-bond acceptors (Lipinski definition) is 0. The van der Waals surface area contributed by atoms with Crippen molar-refractivity contribution in [3.8, 4) is 0 Å². The van der Waals surface area contributed by atoms with Crippen molar-refractivity contribution < 1.29 is 39.1 Å². The maximum absolute atomic E-state index is 0. The van der Waals surface area contributed by atoms with Crippen LogP contribution in [0, 0.1) is 0 Å². The summed E-state index contributed by atoms with van der Waals surface area (Å²) in [4.78, 5) is 0. The van der Waals surface area contributed by atoms with E-state index in [1.165, 1.54) is 0 Å². The first-order valence-corrected chi connectivity index (χ1v) is 0. The maximum Gasteiger partial charge on any atom is 0.0814 e. The molecule has 0 aliphatic carbocycles. The summed E-state index contributed by atoms with van der Waals surface area (Å²) in [7, 11) is 0. The molecule has 0 fully saturated rings. The zero-order valence-corrected chi connectivity index (χ0v) is 3.74. The van der Waals surface area contributed by atoms with E-state index >= 15 is 0 Å². The molecule has 4 heteroatoms. The maximum atomic E-state index is 0. The van der Waals surface area contributed by atoms with E-state index in [4.69, 9.17) is 0 Å². The van der Waals surface area contributed by atoms with E-state index < -0.39 is 0 Å². The minimum Gasteiger partial charge on any atom is -0.0149 e. The van der Waals surface area contributed by atoms with Crippen LogP contribution in [0.2, 0.25) is 0 Å². The Morgan fingerprint density at radius 3 is 1.00 bits per heavy atom. The topological polar surface area (TPSA) is 0 Å². The van der Waals surface area contributed by atoms with Crippen LogP contribution in [0.15, 0.2) is 0 Å². The van der Waals surface area contributed by atoms with Crippen LogP contribution in [0.3, 0.4) is 0 Å². The van der Waals surface area contributed by atoms with Gasteiger partial charge in [0.2, 0.25) is 0 Å². The molecular formula is H7BCrSiTi. The second kappa shape index (κ2) is 24.1. The van der Waals surface area contributed by atoms with Gasteiger partial charge < -0.3 is 0 Å². The van der Waals surface area contributed by atoms with E-state index in [0.29, 0.717) is 0 Å². The van der Waals surface area contributed by atoms with Crippen molar-refractivity contribution in [3.05, 3.63) is 0 Å². The summed E-state index contributed by atoms with van der Waals surface area (Å²) in [6.07, 6.45) is 0. The van der Waals surface area contributed by atoms with Crippen LogP contribution >= 0.6 is 0 Å². The molecule has 0 aromatic rings. The molecule has 0 rings (SSSR count). The molecule has 0 saturated carbocycles. The van der Waals surface area contributed by atoms with Gasteiger partial charge in [0, 0.05) is 39.1 Å². The molecule has 0 saturated heterocycles. The van der Waals surface area contributed by atoms with Crippen molar-refractivity contribution >= 4 is 19.4 Å². The molecule has 0 atom stereocenters. The molecular weight excluding hydrogens is 139 g/mol. The van der Waals surface area contributed by atoms with Crippen molar-refractivity contribution in [1.29, 1.82) is 0 Å². The zero-order valence-electron chi connectivity index (χ0n) is 0.908. The van der Waals surface area contributed by atoms with Crippen LogP contribution in [0.25, 0.3) is 0 Å². The Kier molecular flexibility index (Phi) is 293. The Balaban J connectivity index is 0. The van der Waals surface area contributed by atoms with Crippen LogP contribution in [0.1, 0.15) is 0 Å². The smallest absolute Gasteiger partial charge is 0.0149 e. The summed E-state index contributed by atoms with van der Waals surface area (Å²) in [5.74, 6) is 0. The normalized spacial score (nSPS) is 0. The monoisotopic (exact) mass is 146 g/mol. The quantitative estimate of drug-likeness (QED) is 0.327. The largest absolute Gasteiger partial charge is 0.0814 e. The van der Waals surface area contributed by atoms with Crippen molar-refractivity contribution in [1.82, 2.24) is 0 Å². The van der Waals surface area contributed by atoms with Gasteiger partial charge in [0.15, 0.2) is 0 Å². The van der Waals surface area contributed by atoms with Crippen LogP contribution in [-0.4, -0.2) is 19.4 Å². The molecule has 0 spiro atoms. The average molecular weight is 146 g/mol. The molecule has 0 aliphatic rings. The Bertz CT molecular complexity index is 8.00. The van der Waals surface area contributed by atoms with E-state index in [0.717, 1.165) is 0 Å². The summed E-state index contributed by atoms with van der Waals surface area (Å²) in [6.45, 7) is 0. The first kappa shape index (κ1) is 48.5. The third-order valence-corrected chi connectivity index (χ3v) is 0. The van der Waals surface area contributed by atoms with E-state index in [2.05, 4.69) is 0 Å². The van der Waals surface area contributed by atoms with Crippen LogP contribution in [0.5, 0.6) is 0 Å². The molecule has 0 aromatic carbocycles. The van der Waals surface area contributed by atoms with Crippen molar-refractivity contribution in [3.63, 3.8) is 0 Å². The molecule has 0 bridgehead atoms. The summed E-state index contributed by atoms with van der Waals surface area (Å²) in [5, 5.41) is 0. The van der Waals surface area contributed by atoms with Gasteiger partial charge in [-0.1, -0.05) is 0 Å². The zero-order chi connectivity index (χ0) is 0. The number of hydrogen-bond donors (Lipinski definition) is 0. The molecule has 0 N–H and O–H groups in total. The van der Waals surface area contributed by atoms with Crippen molar-refractivity contribution in [2.75, 3.05) is 0 Å². The summed E-state index contributed by atoms with van der Waals surface area (Å²) in [5.41, 5.74) is 0. The van der Waals surface area contributed by atoms with Crippen LogP contribution in [-0.2, 0) is 39.1 Å². The van der Waals surface area contributed by atoms with Gasteiger partial charge in [0.25, 0.3) is 0 Å². The second-order valence-electron chi connectivity index (χ2n) is 0. The van der Waals surface area contributed by atoms with E-state index in [1.807, 2.05) is 0 Å². The van der Waals surface area contributed by atoms with E-state index in [-0.39, 0.29) is 58.5 Å². The summed E-state index contributed by atoms with van der Waals surface area (Å²) >= 11 is 0. The predicted octanol–water partition coefficient (Wildman–Crippen LogP) is -2.64. The van der Waals surface area contributed by atoms with Crippen LogP contribution in [0.4, 0.5) is 0 Å². The second-order valence-corrected chi connectivity index (χ2v) is 0. The third-order valence-electron chi connectivity index (χ3n) is 0. The molecule has 0 amide bonds. The van der Waals surface area contributed by atoms with Gasteiger partial charge in [-0.2, -0.15) is 0 Å². The fourth-order valence-corrected chi connectivity index (χ4v) is 0. The van der Waals surface area contributed by atoms with Gasteiger partial charge >= 0.3 is 0 Å². The molecule has 4 heavy (non-hydrogen) atoms. The first-order chi connectivity index (χ1) is 0. The van der Waals surface area contributed by atoms with E-state index in [9.17, 15) is 0 Å². The molecule has 0 unspecified atom stereocenters. The Hall–Kier alpha value is 1.53. The molecule has 0 radical (unpaired) electrons. The Morgan fingerprint density at radius 1 is 1.00 bits per heavy atom. The number of rotatable bonds is 0. The van der Waals surface area contributed by atoms with Gasteiger partial charge in [0.05, 0.1) is 8.41 Å². The van der Waals surface area contributed by atoms with Gasteiger partial charge in [0.1, 0.15) is 0 Å². The predicted molar refractivity (Wildman–Crippen MR) is 21.3 cm³/mol. The minimum atomic E-state index is 0. The third kappa shape index (κ3) is 9.66. The fraction of sp³-hybridized carbons (Fsp3) is 0. The molecule has 0 aliphatic heterocycles. The Labute approximate surface area is 58.3 Å². The molecule has 0 nitrogen and oxygen atoms in total. The van der Waals surface area contributed by atoms with Gasteiger partial charge in [-0.05, 0) is 11.0 Å². The van der Waals surface area contributed by atoms with Gasteiger partial charge in [-0.3, -0.25) is 0 Å². The average Bonchev–Trinajstić information content (AvgIpc) is 0. The summed E-state index contributed by atoms with van der Waals surface area (Å²) < 4.78 is 0. The fourth-order valence-electron chi connectivity index (χ4n) is 0. The minimum absolute atomic E-state index is 0. The standard InChI is InChI=1S/BH3.Cr.H4Si.Ti/h1H3;;1H4;. The van der Waals surface area contributed by atoms with Gasteiger partial charge in [-0.25, -0.2) is 0 Å². The molecule has 0 aromatic heterocycles. The molecule has 0 heterocycles. The first-order valence-electron chi connectivity index (χ1n) is 0. The van der Waals surface area contributed by atoms with Crippen LogP contribution < -0.4 is 0 Å². The summed E-state index contributed by atoms with van der Waals surface area (Å²) in [6, 6.07) is 0. The van der Waals surface area contributed by atoms with Gasteiger partial charge in [-0.15, -0.1) is 0 Å². The molecule has 24 valence electrons. The van der Waals surface area contributed by atoms with Crippen molar-refractivity contribution in [2.24, 2.45) is 0 Å². The Morgan fingerprint density at radius 2 is 1.00 bits per heavy atom. The van der Waals surface area contributed by atoms with E-state index in [1.54, 1.807) is 0 Å². The SMILES string of the molecule is B.[Cr].[SiH4].[Ti]. The van der Waals surface area contributed by atoms with Crippen molar-refractivity contribution in [2.45, 2.75) is 0 Å².